The smallest absolute Gasteiger partial charge is 0.0250 e. The van der Waals surface area contributed by atoms with E-state index in [2.05, 4.69) is 38.1 Å². The van der Waals surface area contributed by atoms with E-state index in [-0.39, 0.29) is 0 Å². The summed E-state index contributed by atoms with van der Waals surface area (Å²) in [5.74, 6) is 1.72. The predicted octanol–water partition coefficient (Wildman–Crippen LogP) is 5.01. The Labute approximate surface area is 106 Å². The third-order valence-corrected chi connectivity index (χ3v) is 3.88. The number of rotatable bonds is 4. The molecule has 1 aliphatic carbocycles. The van der Waals surface area contributed by atoms with Gasteiger partial charge < -0.3 is 0 Å². The Hall–Kier alpha value is -0.780. The van der Waals surface area contributed by atoms with Crippen molar-refractivity contribution in [2.75, 3.05) is 0 Å². The first kappa shape index (κ1) is 12.7. The van der Waals surface area contributed by atoms with Crippen LogP contribution < -0.4 is 0 Å². The van der Waals surface area contributed by atoms with E-state index in [1.807, 2.05) is 0 Å². The fraction of sp³-hybridized carbons (Fsp3) is 0.647. The lowest BCUT2D eigenvalue weighted by Crippen LogP contribution is -2.09. The van der Waals surface area contributed by atoms with Crippen molar-refractivity contribution in [2.24, 2.45) is 11.8 Å². The molecule has 0 heterocycles. The molecule has 0 atom stereocenters. The minimum Gasteiger partial charge on any atom is -0.0625 e. The van der Waals surface area contributed by atoms with Gasteiger partial charge in [0.2, 0.25) is 0 Å². The molecule has 2 rings (SSSR count). The van der Waals surface area contributed by atoms with Crippen LogP contribution in [0.3, 0.4) is 0 Å². The van der Waals surface area contributed by atoms with Crippen LogP contribution in [0.5, 0.6) is 0 Å². The molecule has 1 aliphatic rings. The molecule has 0 unspecified atom stereocenters. The van der Waals surface area contributed by atoms with Gasteiger partial charge in [0.1, 0.15) is 0 Å². The molecule has 0 heteroatoms. The highest BCUT2D eigenvalue weighted by Gasteiger charge is 2.13. The van der Waals surface area contributed by atoms with Gasteiger partial charge in [-0.25, -0.2) is 0 Å². The summed E-state index contributed by atoms with van der Waals surface area (Å²) in [6, 6.07) is 9.29. The van der Waals surface area contributed by atoms with Crippen molar-refractivity contribution >= 4 is 0 Å². The normalized spacial score (nSPS) is 17.6. The van der Waals surface area contributed by atoms with Crippen LogP contribution in [0.25, 0.3) is 0 Å². The summed E-state index contributed by atoms with van der Waals surface area (Å²) in [5.41, 5.74) is 3.09. The fourth-order valence-electron chi connectivity index (χ4n) is 3.08. The van der Waals surface area contributed by atoms with E-state index in [0.717, 1.165) is 11.8 Å². The van der Waals surface area contributed by atoms with Crippen molar-refractivity contribution in [1.29, 1.82) is 0 Å². The van der Waals surface area contributed by atoms with E-state index in [4.69, 9.17) is 0 Å². The topological polar surface area (TPSA) is 0 Å². The summed E-state index contributed by atoms with van der Waals surface area (Å²) < 4.78 is 0. The van der Waals surface area contributed by atoms with Crippen molar-refractivity contribution in [3.8, 4) is 0 Å². The molecular weight excluding hydrogens is 204 g/mol. The first-order valence-corrected chi connectivity index (χ1v) is 7.32. The van der Waals surface area contributed by atoms with Gasteiger partial charge in [-0.2, -0.15) is 0 Å². The highest BCUT2D eigenvalue weighted by Crippen LogP contribution is 2.27. The molecule has 0 spiro atoms. The van der Waals surface area contributed by atoms with E-state index in [1.165, 1.54) is 50.5 Å². The van der Waals surface area contributed by atoms with Crippen LogP contribution in [-0.4, -0.2) is 0 Å². The van der Waals surface area contributed by atoms with Crippen LogP contribution in [0.1, 0.15) is 57.1 Å². The first-order valence-electron chi connectivity index (χ1n) is 7.32. The van der Waals surface area contributed by atoms with Gasteiger partial charge in [-0.15, -0.1) is 0 Å². The zero-order chi connectivity index (χ0) is 12.1. The van der Waals surface area contributed by atoms with E-state index < -0.39 is 0 Å². The number of benzene rings is 1. The molecule has 1 aromatic rings. The highest BCUT2D eigenvalue weighted by atomic mass is 14.2. The SMILES string of the molecule is CC(C)Cc1cccc(CC2CCCCC2)c1. The van der Waals surface area contributed by atoms with Crippen molar-refractivity contribution in [3.63, 3.8) is 0 Å². The summed E-state index contributed by atoms with van der Waals surface area (Å²) in [7, 11) is 0. The zero-order valence-corrected chi connectivity index (χ0v) is 11.4. The van der Waals surface area contributed by atoms with Gasteiger partial charge in [0.25, 0.3) is 0 Å². The van der Waals surface area contributed by atoms with Crippen molar-refractivity contribution in [2.45, 2.75) is 58.8 Å². The van der Waals surface area contributed by atoms with E-state index in [1.54, 1.807) is 5.56 Å². The average molecular weight is 230 g/mol. The lowest BCUT2D eigenvalue weighted by atomic mass is 9.84. The van der Waals surface area contributed by atoms with Crippen molar-refractivity contribution in [3.05, 3.63) is 35.4 Å². The summed E-state index contributed by atoms with van der Waals surface area (Å²) in [5, 5.41) is 0. The average Bonchev–Trinajstić information content (AvgIpc) is 2.30. The highest BCUT2D eigenvalue weighted by molar-refractivity contribution is 5.24. The second kappa shape index (κ2) is 6.23. The van der Waals surface area contributed by atoms with E-state index in [9.17, 15) is 0 Å². The van der Waals surface area contributed by atoms with Crippen LogP contribution in [0.2, 0.25) is 0 Å². The van der Waals surface area contributed by atoms with Crippen LogP contribution >= 0.6 is 0 Å². The summed E-state index contributed by atoms with van der Waals surface area (Å²) >= 11 is 0. The second-order valence-electron chi connectivity index (χ2n) is 6.13. The van der Waals surface area contributed by atoms with E-state index >= 15 is 0 Å². The predicted molar refractivity (Wildman–Crippen MR) is 75.3 cm³/mol. The summed E-state index contributed by atoms with van der Waals surface area (Å²) in [6.45, 7) is 4.60. The van der Waals surface area contributed by atoms with Crippen LogP contribution in [0, 0.1) is 11.8 Å². The molecule has 17 heavy (non-hydrogen) atoms. The molecule has 0 N–H and O–H groups in total. The maximum Gasteiger partial charge on any atom is -0.0250 e. The fourth-order valence-corrected chi connectivity index (χ4v) is 3.08. The Bertz CT molecular complexity index is 332. The van der Waals surface area contributed by atoms with Gasteiger partial charge in [0.05, 0.1) is 0 Å². The van der Waals surface area contributed by atoms with Crippen LogP contribution in [0.4, 0.5) is 0 Å². The molecule has 0 nitrogen and oxygen atoms in total. The largest absolute Gasteiger partial charge is 0.0625 e. The van der Waals surface area contributed by atoms with Crippen LogP contribution in [0.15, 0.2) is 24.3 Å². The lowest BCUT2D eigenvalue weighted by molar-refractivity contribution is 0.356. The molecule has 1 aromatic carbocycles. The number of hydrogen-bond acceptors (Lipinski definition) is 0. The third-order valence-electron chi connectivity index (χ3n) is 3.88. The standard InChI is InChI=1S/C17H26/c1-14(2)11-16-9-6-10-17(13-16)12-15-7-4-3-5-8-15/h6,9-10,13-15H,3-5,7-8,11-12H2,1-2H3. The first-order chi connectivity index (χ1) is 8.24. The van der Waals surface area contributed by atoms with Crippen LogP contribution in [-0.2, 0) is 12.8 Å². The van der Waals surface area contributed by atoms with Gasteiger partial charge >= 0.3 is 0 Å². The van der Waals surface area contributed by atoms with Gasteiger partial charge in [-0.05, 0) is 35.8 Å². The second-order valence-corrected chi connectivity index (χ2v) is 6.13. The minimum absolute atomic E-state index is 0.764. The lowest BCUT2D eigenvalue weighted by Gasteiger charge is -2.21. The molecular formula is C17H26. The summed E-state index contributed by atoms with van der Waals surface area (Å²) in [6.07, 6.45) is 9.81. The molecule has 1 saturated carbocycles. The quantitative estimate of drug-likeness (QED) is 0.682. The van der Waals surface area contributed by atoms with Gasteiger partial charge in [0.15, 0.2) is 0 Å². The monoisotopic (exact) mass is 230 g/mol. The maximum atomic E-state index is 2.44. The van der Waals surface area contributed by atoms with Gasteiger partial charge in [0, 0.05) is 0 Å². The molecule has 0 bridgehead atoms. The molecule has 0 saturated heterocycles. The zero-order valence-electron chi connectivity index (χ0n) is 11.4. The molecule has 0 aromatic heterocycles. The van der Waals surface area contributed by atoms with Crippen molar-refractivity contribution in [1.82, 2.24) is 0 Å². The molecule has 0 amide bonds. The third kappa shape index (κ3) is 4.18. The molecule has 0 aliphatic heterocycles. The van der Waals surface area contributed by atoms with Gasteiger partial charge in [-0.1, -0.05) is 70.2 Å². The van der Waals surface area contributed by atoms with E-state index in [0.29, 0.717) is 0 Å². The Morgan fingerprint density at radius 3 is 2.47 bits per heavy atom. The molecule has 94 valence electrons. The maximum absolute atomic E-state index is 2.44. The molecule has 0 radical (unpaired) electrons. The Morgan fingerprint density at radius 1 is 1.06 bits per heavy atom. The Balaban J connectivity index is 1.95. The number of hydrogen-bond donors (Lipinski definition) is 0. The Morgan fingerprint density at radius 2 is 1.76 bits per heavy atom. The Kier molecular flexibility index (Phi) is 4.65. The van der Waals surface area contributed by atoms with Crippen molar-refractivity contribution < 1.29 is 0 Å². The molecule has 1 fully saturated rings. The minimum atomic E-state index is 0.764. The summed E-state index contributed by atoms with van der Waals surface area (Å²) in [4.78, 5) is 0. The van der Waals surface area contributed by atoms with Gasteiger partial charge in [-0.3, -0.25) is 0 Å².